The van der Waals surface area contributed by atoms with Crippen LogP contribution in [-0.2, 0) is 32.5 Å². The van der Waals surface area contributed by atoms with Crippen molar-refractivity contribution in [1.82, 2.24) is 23.7 Å². The molecule has 1 aromatic carbocycles. The van der Waals surface area contributed by atoms with Crippen LogP contribution >= 0.6 is 0 Å². The molecule has 0 aromatic heterocycles. The normalized spacial score (nSPS) is 24.5. The van der Waals surface area contributed by atoms with E-state index in [1.54, 1.807) is 11.9 Å². The van der Waals surface area contributed by atoms with Gasteiger partial charge in [-0.2, -0.15) is 35.5 Å². The number of nitriles is 1. The Labute approximate surface area is 213 Å². The van der Waals surface area contributed by atoms with E-state index < -0.39 is 39.9 Å². The molecule has 202 valence electrons. The summed E-state index contributed by atoms with van der Waals surface area (Å²) in [5.41, 5.74) is -0.281. The highest BCUT2D eigenvalue weighted by atomic mass is 32.2. The van der Waals surface area contributed by atoms with E-state index in [-0.39, 0.29) is 44.5 Å². The number of benzene rings is 1. The first-order valence-electron chi connectivity index (χ1n) is 12.0. The zero-order chi connectivity index (χ0) is 27.0. The van der Waals surface area contributed by atoms with E-state index in [0.717, 1.165) is 12.1 Å². The quantitative estimate of drug-likeness (QED) is 0.564. The first-order valence-corrected chi connectivity index (χ1v) is 13.4. The van der Waals surface area contributed by atoms with Crippen LogP contribution in [-0.4, -0.2) is 97.0 Å². The van der Waals surface area contributed by atoms with E-state index in [1.807, 2.05) is 6.07 Å². The summed E-state index contributed by atoms with van der Waals surface area (Å²) in [4.78, 5) is 29.6. The summed E-state index contributed by atoms with van der Waals surface area (Å²) in [5, 5.41) is 11.7. The Balaban J connectivity index is 1.37. The predicted octanol–water partition coefficient (Wildman–Crippen LogP) is 0.629. The minimum absolute atomic E-state index is 0.0182. The fourth-order valence-corrected chi connectivity index (χ4v) is 6.51. The first-order chi connectivity index (χ1) is 17.4. The summed E-state index contributed by atoms with van der Waals surface area (Å²) in [6, 6.07) is 5.03. The molecule has 1 aromatic rings. The van der Waals surface area contributed by atoms with Crippen LogP contribution in [0.3, 0.4) is 0 Å². The lowest BCUT2D eigenvalue weighted by molar-refractivity contribution is -0.143. The lowest BCUT2D eigenvalue weighted by Gasteiger charge is -2.43. The van der Waals surface area contributed by atoms with Crippen molar-refractivity contribution in [2.75, 3.05) is 46.3 Å². The summed E-state index contributed by atoms with van der Waals surface area (Å²) >= 11 is 0. The lowest BCUT2D eigenvalue weighted by Crippen LogP contribution is -2.64. The molecule has 2 amide bonds. The number of alkyl halides is 3. The molecular weight excluding hydrogens is 513 g/mol. The van der Waals surface area contributed by atoms with E-state index in [1.165, 1.54) is 25.6 Å². The van der Waals surface area contributed by atoms with E-state index in [2.05, 4.69) is 5.32 Å². The molecule has 3 aliphatic rings. The van der Waals surface area contributed by atoms with Crippen LogP contribution in [0.5, 0.6) is 0 Å². The molecule has 3 fully saturated rings. The van der Waals surface area contributed by atoms with Crippen LogP contribution in [0.25, 0.3) is 0 Å². The van der Waals surface area contributed by atoms with Crippen molar-refractivity contribution >= 4 is 22.0 Å². The zero-order valence-electron chi connectivity index (χ0n) is 20.3. The van der Waals surface area contributed by atoms with Gasteiger partial charge in [0.15, 0.2) is 0 Å². The minimum atomic E-state index is -4.44. The topological polar surface area (TPSA) is 117 Å². The van der Waals surface area contributed by atoms with Crippen LogP contribution in [0.4, 0.5) is 13.2 Å². The predicted molar refractivity (Wildman–Crippen MR) is 126 cm³/mol. The van der Waals surface area contributed by atoms with Crippen molar-refractivity contribution in [2.24, 2.45) is 5.92 Å². The van der Waals surface area contributed by atoms with Gasteiger partial charge in [0, 0.05) is 45.8 Å². The maximum absolute atomic E-state index is 13.5. The van der Waals surface area contributed by atoms with Crippen molar-refractivity contribution in [1.29, 1.82) is 5.26 Å². The number of halogens is 3. The van der Waals surface area contributed by atoms with Gasteiger partial charge in [-0.15, -0.1) is 0 Å². The van der Waals surface area contributed by atoms with E-state index in [9.17, 15) is 31.2 Å². The van der Waals surface area contributed by atoms with E-state index in [0.29, 0.717) is 31.5 Å². The van der Waals surface area contributed by atoms with Crippen molar-refractivity contribution in [3.05, 3.63) is 35.4 Å². The van der Waals surface area contributed by atoms with Gasteiger partial charge in [-0.1, -0.05) is 12.1 Å². The molecule has 14 heteroatoms. The molecule has 0 bridgehead atoms. The van der Waals surface area contributed by atoms with Crippen LogP contribution in [0.2, 0.25) is 0 Å². The number of carbonyl (C=O) groups excluding carboxylic acids is 2. The average molecular weight is 543 g/mol. The van der Waals surface area contributed by atoms with Gasteiger partial charge in [-0.25, -0.2) is 0 Å². The molecule has 2 atom stereocenters. The Kier molecular flexibility index (Phi) is 7.80. The molecule has 3 heterocycles. The molecule has 0 saturated carbocycles. The second-order valence-corrected chi connectivity index (χ2v) is 11.5. The number of piperazine rings is 1. The maximum atomic E-state index is 13.5. The van der Waals surface area contributed by atoms with Crippen LogP contribution in [0, 0.1) is 17.2 Å². The smallest absolute Gasteiger partial charge is 0.350 e. The molecule has 0 unspecified atom stereocenters. The molecular formula is C23H29F3N6O4S. The Morgan fingerprint density at radius 1 is 1.05 bits per heavy atom. The van der Waals surface area contributed by atoms with Gasteiger partial charge in [0.1, 0.15) is 12.1 Å². The van der Waals surface area contributed by atoms with Crippen molar-refractivity contribution in [3.8, 4) is 6.07 Å². The van der Waals surface area contributed by atoms with E-state index >= 15 is 0 Å². The molecule has 0 aliphatic carbocycles. The van der Waals surface area contributed by atoms with Crippen molar-refractivity contribution in [2.45, 2.75) is 37.6 Å². The second-order valence-electron chi connectivity index (χ2n) is 9.61. The second kappa shape index (κ2) is 10.6. The summed E-state index contributed by atoms with van der Waals surface area (Å²) in [7, 11) is -2.06. The highest BCUT2D eigenvalue weighted by Crippen LogP contribution is 2.29. The SMILES string of the molecule is CN1CCN(S(=O)(=O)N2CC(C#N)C2)C[C@@H]1C(=O)N1CCC[C@@H]1C(=O)NCc1ccc(C(F)(F)F)cc1. The molecule has 4 rings (SSSR count). The number of carbonyl (C=O) groups is 2. The molecule has 3 saturated heterocycles. The Morgan fingerprint density at radius 3 is 2.35 bits per heavy atom. The van der Waals surface area contributed by atoms with Crippen molar-refractivity contribution < 1.29 is 31.2 Å². The zero-order valence-corrected chi connectivity index (χ0v) is 21.1. The fourth-order valence-electron chi connectivity index (χ4n) is 4.81. The molecule has 10 nitrogen and oxygen atoms in total. The Bertz CT molecular complexity index is 1160. The standard InChI is InChI=1S/C23H29F3N6O4S/c1-29-9-10-30(37(35,36)31-13-17(11-27)14-31)15-20(29)22(34)32-8-2-3-19(32)21(33)28-12-16-4-6-18(7-5-16)23(24,25)26/h4-7,17,19-20H,2-3,8-10,12-15H2,1H3,(H,28,33)/t19-,20-/m1/s1. The van der Waals surface area contributed by atoms with Crippen LogP contribution in [0.15, 0.2) is 24.3 Å². The van der Waals surface area contributed by atoms with Crippen molar-refractivity contribution in [3.63, 3.8) is 0 Å². The summed E-state index contributed by atoms with van der Waals surface area (Å²) in [5.74, 6) is -1.07. The summed E-state index contributed by atoms with van der Waals surface area (Å²) < 4.78 is 66.7. The number of hydrogen-bond acceptors (Lipinski definition) is 6. The monoisotopic (exact) mass is 542 g/mol. The lowest BCUT2D eigenvalue weighted by atomic mass is 10.1. The Hall–Kier alpha value is -2.73. The van der Waals surface area contributed by atoms with Gasteiger partial charge in [-0.05, 0) is 37.6 Å². The van der Waals surface area contributed by atoms with Gasteiger partial charge >= 0.3 is 6.18 Å². The molecule has 1 N–H and O–H groups in total. The molecule has 37 heavy (non-hydrogen) atoms. The number of nitrogens with zero attached hydrogens (tertiary/aromatic N) is 5. The van der Waals surface area contributed by atoms with Gasteiger partial charge in [0.05, 0.1) is 17.6 Å². The number of hydrogen-bond donors (Lipinski definition) is 1. The number of amides is 2. The molecule has 0 spiro atoms. The number of likely N-dealkylation sites (tertiary alicyclic amines) is 1. The third-order valence-electron chi connectivity index (χ3n) is 7.17. The number of nitrogens with one attached hydrogen (secondary N) is 1. The van der Waals surface area contributed by atoms with Gasteiger partial charge in [-0.3, -0.25) is 14.5 Å². The highest BCUT2D eigenvalue weighted by Gasteiger charge is 2.45. The van der Waals surface area contributed by atoms with Gasteiger partial charge < -0.3 is 10.2 Å². The summed E-state index contributed by atoms with van der Waals surface area (Å²) in [6.07, 6.45) is -3.40. The van der Waals surface area contributed by atoms with Gasteiger partial charge in [0.25, 0.3) is 10.2 Å². The molecule has 3 aliphatic heterocycles. The maximum Gasteiger partial charge on any atom is 0.416 e. The highest BCUT2D eigenvalue weighted by molar-refractivity contribution is 7.86. The largest absolute Gasteiger partial charge is 0.416 e. The fraction of sp³-hybridized carbons (Fsp3) is 0.609. The molecule has 0 radical (unpaired) electrons. The van der Waals surface area contributed by atoms with Crippen LogP contribution < -0.4 is 5.32 Å². The Morgan fingerprint density at radius 2 is 1.73 bits per heavy atom. The third-order valence-corrected chi connectivity index (χ3v) is 9.10. The third kappa shape index (κ3) is 5.74. The van der Waals surface area contributed by atoms with Gasteiger partial charge in [0.2, 0.25) is 11.8 Å². The number of likely N-dealkylation sites (N-methyl/N-ethyl adjacent to an activating group) is 1. The van der Waals surface area contributed by atoms with Crippen LogP contribution in [0.1, 0.15) is 24.0 Å². The number of rotatable bonds is 6. The van der Waals surface area contributed by atoms with E-state index in [4.69, 9.17) is 5.26 Å². The summed E-state index contributed by atoms with van der Waals surface area (Å²) in [6.45, 7) is 1.14. The average Bonchev–Trinajstić information content (AvgIpc) is 3.31. The minimum Gasteiger partial charge on any atom is -0.350 e. The first kappa shape index (κ1) is 27.3.